The number of nitrogens with one attached hydrogen (secondary N) is 3. The van der Waals surface area contributed by atoms with Crippen molar-refractivity contribution in [1.82, 2.24) is 10.2 Å². The van der Waals surface area contributed by atoms with Crippen molar-refractivity contribution < 1.29 is 29.0 Å². The number of aryl methyl sites for hydroxylation is 1. The smallest absolute Gasteiger partial charge is 0.323 e. The van der Waals surface area contributed by atoms with Crippen molar-refractivity contribution in [3.8, 4) is 5.75 Å². The summed E-state index contributed by atoms with van der Waals surface area (Å²) in [6, 6.07) is 11.7. The van der Waals surface area contributed by atoms with E-state index in [0.717, 1.165) is 5.56 Å². The van der Waals surface area contributed by atoms with Crippen molar-refractivity contribution in [2.45, 2.75) is 39.7 Å². The van der Waals surface area contributed by atoms with Crippen LogP contribution in [0.4, 0.5) is 16.2 Å². The number of hydrogen-bond acceptors (Lipinski definition) is 5. The fourth-order valence-electron chi connectivity index (χ4n) is 3.35. The molecule has 0 aliphatic carbocycles. The molecule has 4 amide bonds. The fourth-order valence-corrected chi connectivity index (χ4v) is 3.35. The highest BCUT2D eigenvalue weighted by Crippen LogP contribution is 2.26. The van der Waals surface area contributed by atoms with Crippen LogP contribution in [-0.4, -0.2) is 60.1 Å². The number of carbonyl (C=O) groups excluding carboxylic acids is 3. The highest BCUT2D eigenvalue weighted by atomic mass is 16.5. The first-order valence-corrected chi connectivity index (χ1v) is 11.2. The highest BCUT2D eigenvalue weighted by Gasteiger charge is 2.19. The number of amides is 4. The number of aliphatic carboxylic acids is 1. The lowest BCUT2D eigenvalue weighted by Crippen LogP contribution is -2.44. The minimum absolute atomic E-state index is 0.00384. The third kappa shape index (κ3) is 8.65. The van der Waals surface area contributed by atoms with Crippen LogP contribution in [-0.2, 0) is 20.8 Å². The maximum atomic E-state index is 12.4. The van der Waals surface area contributed by atoms with Crippen LogP contribution in [0.15, 0.2) is 42.5 Å². The number of rotatable bonds is 11. The van der Waals surface area contributed by atoms with Gasteiger partial charge in [0.1, 0.15) is 5.75 Å². The largest absolute Gasteiger partial charge is 0.495 e. The Morgan fingerprint density at radius 1 is 1.03 bits per heavy atom. The maximum Gasteiger partial charge on any atom is 0.323 e. The molecule has 2 aromatic carbocycles. The van der Waals surface area contributed by atoms with Crippen LogP contribution < -0.4 is 20.7 Å². The van der Waals surface area contributed by atoms with E-state index in [2.05, 4.69) is 16.0 Å². The van der Waals surface area contributed by atoms with E-state index >= 15 is 0 Å². The summed E-state index contributed by atoms with van der Waals surface area (Å²) < 4.78 is 5.36. The summed E-state index contributed by atoms with van der Waals surface area (Å²) in [7, 11) is 1.46. The van der Waals surface area contributed by atoms with Crippen LogP contribution in [0.3, 0.4) is 0 Å². The lowest BCUT2D eigenvalue weighted by Gasteiger charge is -2.26. The third-order valence-electron chi connectivity index (χ3n) is 5.22. The Kier molecular flexibility index (Phi) is 10.1. The van der Waals surface area contributed by atoms with Gasteiger partial charge in [-0.3, -0.25) is 14.4 Å². The molecule has 0 aromatic heterocycles. The number of urea groups is 1. The van der Waals surface area contributed by atoms with Gasteiger partial charge in [-0.2, -0.15) is 0 Å². The molecule has 4 N–H and O–H groups in total. The van der Waals surface area contributed by atoms with E-state index in [-0.39, 0.29) is 43.8 Å². The van der Waals surface area contributed by atoms with Crippen LogP contribution in [0.5, 0.6) is 5.75 Å². The van der Waals surface area contributed by atoms with E-state index in [1.807, 2.05) is 25.1 Å². The monoisotopic (exact) mass is 484 g/mol. The number of hydrogen-bond donors (Lipinski definition) is 4. The van der Waals surface area contributed by atoms with Gasteiger partial charge in [0.15, 0.2) is 0 Å². The van der Waals surface area contributed by atoms with Crippen molar-refractivity contribution in [3.63, 3.8) is 0 Å². The highest BCUT2D eigenvalue weighted by molar-refractivity contribution is 6.01. The number of ether oxygens (including phenoxy) is 1. The van der Waals surface area contributed by atoms with Crippen LogP contribution >= 0.6 is 0 Å². The fraction of sp³-hybridized carbons (Fsp3) is 0.360. The lowest BCUT2D eigenvalue weighted by molar-refractivity contribution is -0.139. The van der Waals surface area contributed by atoms with Gasteiger partial charge in [0.2, 0.25) is 11.8 Å². The molecule has 0 heterocycles. The van der Waals surface area contributed by atoms with Crippen LogP contribution in [0.2, 0.25) is 0 Å². The number of nitrogens with zero attached hydrogens (tertiary/aromatic N) is 1. The zero-order valence-electron chi connectivity index (χ0n) is 20.4. The van der Waals surface area contributed by atoms with Gasteiger partial charge in [0, 0.05) is 18.3 Å². The zero-order chi connectivity index (χ0) is 26.0. The molecule has 0 radical (unpaired) electrons. The number of carboxylic acid groups (broad SMARTS) is 1. The summed E-state index contributed by atoms with van der Waals surface area (Å²) in [5.41, 5.74) is 2.67. The van der Waals surface area contributed by atoms with E-state index in [4.69, 9.17) is 9.84 Å². The molecule has 0 fully saturated rings. The van der Waals surface area contributed by atoms with Gasteiger partial charge < -0.3 is 30.7 Å². The minimum Gasteiger partial charge on any atom is -0.495 e. The molecule has 0 saturated carbocycles. The molecule has 188 valence electrons. The Labute approximate surface area is 204 Å². The molecule has 0 aliphatic heterocycles. The van der Waals surface area contributed by atoms with Gasteiger partial charge in [-0.15, -0.1) is 0 Å². The first-order valence-electron chi connectivity index (χ1n) is 11.2. The van der Waals surface area contributed by atoms with Gasteiger partial charge in [-0.25, -0.2) is 4.79 Å². The van der Waals surface area contributed by atoms with Crippen LogP contribution in [0, 0.1) is 6.92 Å². The molecule has 0 bridgehead atoms. The molecule has 0 saturated heterocycles. The first kappa shape index (κ1) is 27.2. The second kappa shape index (κ2) is 13.0. The van der Waals surface area contributed by atoms with Gasteiger partial charge in [-0.1, -0.05) is 24.3 Å². The summed E-state index contributed by atoms with van der Waals surface area (Å²) in [5.74, 6) is -1.34. The molecular formula is C25H32N4O6. The number of carboxylic acids is 1. The number of carbonyl (C=O) groups is 4. The average molecular weight is 485 g/mol. The molecular weight excluding hydrogens is 452 g/mol. The van der Waals surface area contributed by atoms with Gasteiger partial charge in [0.25, 0.3) is 0 Å². The number of para-hydroxylation sites is 1. The lowest BCUT2D eigenvalue weighted by atomic mass is 10.1. The standard InChI is InChI=1S/C25H32N4O6/c1-16(2)29(12-11-24(32)33)23(31)15-26-22(30)14-18-9-10-20(21(13-18)35-4)28-25(34)27-19-8-6-5-7-17(19)3/h5-10,13,16H,11-12,14-15H2,1-4H3,(H,26,30)(H,32,33)(H2,27,28,34). The Bertz CT molecular complexity index is 1070. The predicted octanol–water partition coefficient (Wildman–Crippen LogP) is 3.02. The van der Waals surface area contributed by atoms with E-state index in [0.29, 0.717) is 22.7 Å². The molecule has 10 heteroatoms. The van der Waals surface area contributed by atoms with E-state index < -0.39 is 12.0 Å². The third-order valence-corrected chi connectivity index (χ3v) is 5.22. The summed E-state index contributed by atoms with van der Waals surface area (Å²) in [6.07, 6.45) is -0.169. The summed E-state index contributed by atoms with van der Waals surface area (Å²) in [4.78, 5) is 49.4. The van der Waals surface area contributed by atoms with Crippen LogP contribution in [0.1, 0.15) is 31.4 Å². The molecule has 0 aliphatic rings. The SMILES string of the molecule is COc1cc(CC(=O)NCC(=O)N(CCC(=O)O)C(C)C)ccc1NC(=O)Nc1ccccc1C. The Balaban J connectivity index is 1.94. The van der Waals surface area contributed by atoms with E-state index in [1.165, 1.54) is 12.0 Å². The van der Waals surface area contributed by atoms with Crippen molar-refractivity contribution in [3.05, 3.63) is 53.6 Å². The maximum absolute atomic E-state index is 12.4. The second-order valence-electron chi connectivity index (χ2n) is 8.21. The van der Waals surface area contributed by atoms with Crippen molar-refractivity contribution >= 4 is 35.2 Å². The molecule has 2 aromatic rings. The van der Waals surface area contributed by atoms with E-state index in [9.17, 15) is 19.2 Å². The van der Waals surface area contributed by atoms with E-state index in [1.54, 1.807) is 38.1 Å². The second-order valence-corrected chi connectivity index (χ2v) is 8.21. The van der Waals surface area contributed by atoms with Gasteiger partial charge >= 0.3 is 12.0 Å². The summed E-state index contributed by atoms with van der Waals surface area (Å²) in [6.45, 7) is 5.30. The average Bonchev–Trinajstić information content (AvgIpc) is 2.79. The molecule has 2 rings (SSSR count). The Hall–Kier alpha value is -4.08. The number of benzene rings is 2. The van der Waals surface area contributed by atoms with Gasteiger partial charge in [-0.05, 0) is 50.1 Å². The normalized spacial score (nSPS) is 10.4. The summed E-state index contributed by atoms with van der Waals surface area (Å²) >= 11 is 0. The quantitative estimate of drug-likeness (QED) is 0.387. The number of methoxy groups -OCH3 is 1. The van der Waals surface area contributed by atoms with Crippen molar-refractivity contribution in [1.29, 1.82) is 0 Å². The zero-order valence-corrected chi connectivity index (χ0v) is 20.4. The number of anilines is 2. The van der Waals surface area contributed by atoms with Gasteiger partial charge in [0.05, 0.1) is 32.2 Å². The molecule has 10 nitrogen and oxygen atoms in total. The Morgan fingerprint density at radius 2 is 1.71 bits per heavy atom. The molecule has 35 heavy (non-hydrogen) atoms. The van der Waals surface area contributed by atoms with Crippen molar-refractivity contribution in [2.75, 3.05) is 30.8 Å². The van der Waals surface area contributed by atoms with Crippen LogP contribution in [0.25, 0.3) is 0 Å². The van der Waals surface area contributed by atoms with Crippen molar-refractivity contribution in [2.24, 2.45) is 0 Å². The predicted molar refractivity (Wildman–Crippen MR) is 133 cm³/mol. The Morgan fingerprint density at radius 3 is 2.34 bits per heavy atom. The summed E-state index contributed by atoms with van der Waals surface area (Å²) in [5, 5.41) is 16.9. The minimum atomic E-state index is -0.993. The molecule has 0 unspecified atom stereocenters. The molecule has 0 spiro atoms. The first-order chi connectivity index (χ1) is 16.6. The molecule has 0 atom stereocenters. The topological polar surface area (TPSA) is 137 Å².